The summed E-state index contributed by atoms with van der Waals surface area (Å²) in [6.07, 6.45) is 4.75. The lowest BCUT2D eigenvalue weighted by Crippen LogP contribution is -2.34. The Balaban J connectivity index is 1.58. The smallest absolute Gasteiger partial charge is 0.324 e. The van der Waals surface area contributed by atoms with E-state index < -0.39 is 0 Å². The minimum atomic E-state index is -0.132. The Labute approximate surface area is 169 Å². The molecule has 0 spiro atoms. The zero-order valence-corrected chi connectivity index (χ0v) is 17.3. The minimum Gasteiger partial charge on any atom is -0.494 e. The van der Waals surface area contributed by atoms with Gasteiger partial charge in [0.15, 0.2) is 0 Å². The van der Waals surface area contributed by atoms with Crippen LogP contribution in [0.1, 0.15) is 6.42 Å². The average Bonchev–Trinajstić information content (AvgIpc) is 3.40. The van der Waals surface area contributed by atoms with Gasteiger partial charge in [0.05, 0.1) is 13.3 Å². The average molecular weight is 397 g/mol. The number of carbonyl (C=O) groups is 1. The number of fused-ring (bicyclic) bond motifs is 1. The van der Waals surface area contributed by atoms with E-state index in [2.05, 4.69) is 39.4 Å². The first-order valence-corrected chi connectivity index (χ1v) is 9.71. The van der Waals surface area contributed by atoms with Crippen LogP contribution in [-0.2, 0) is 7.05 Å². The van der Waals surface area contributed by atoms with Crippen molar-refractivity contribution in [3.8, 4) is 16.9 Å². The van der Waals surface area contributed by atoms with Crippen molar-refractivity contribution in [2.45, 2.75) is 6.42 Å². The van der Waals surface area contributed by atoms with Crippen LogP contribution in [-0.4, -0.2) is 76.4 Å². The Hall–Kier alpha value is -3.07. The van der Waals surface area contributed by atoms with Crippen molar-refractivity contribution in [1.82, 2.24) is 29.5 Å². The molecule has 1 aliphatic heterocycles. The summed E-state index contributed by atoms with van der Waals surface area (Å²) < 4.78 is 7.22. The van der Waals surface area contributed by atoms with Crippen molar-refractivity contribution in [3.05, 3.63) is 24.5 Å². The van der Waals surface area contributed by atoms with Crippen LogP contribution in [0, 0.1) is 5.92 Å². The van der Waals surface area contributed by atoms with E-state index in [1.54, 1.807) is 18.0 Å². The Morgan fingerprint density at radius 3 is 2.93 bits per heavy atom. The highest BCUT2D eigenvalue weighted by atomic mass is 16.5. The molecule has 1 saturated heterocycles. The molecule has 2 amide bonds. The maximum atomic E-state index is 12.7. The molecule has 1 atom stereocenters. The zero-order valence-electron chi connectivity index (χ0n) is 17.3. The number of H-pyrrole nitrogens is 1. The van der Waals surface area contributed by atoms with Crippen LogP contribution in [0.3, 0.4) is 0 Å². The number of rotatable bonds is 5. The molecule has 4 rings (SSSR count). The van der Waals surface area contributed by atoms with E-state index in [1.807, 2.05) is 30.3 Å². The number of imidazole rings is 1. The summed E-state index contributed by atoms with van der Waals surface area (Å²) in [6, 6.07) is 3.71. The van der Waals surface area contributed by atoms with Crippen LogP contribution >= 0.6 is 0 Å². The lowest BCUT2D eigenvalue weighted by molar-refractivity contribution is 0.219. The second-order valence-electron chi connectivity index (χ2n) is 7.82. The molecule has 2 aromatic heterocycles. The lowest BCUT2D eigenvalue weighted by atomic mass is 10.1. The summed E-state index contributed by atoms with van der Waals surface area (Å²) in [5.74, 6) is 1.59. The molecule has 29 heavy (non-hydrogen) atoms. The summed E-state index contributed by atoms with van der Waals surface area (Å²) in [5, 5.41) is 7.16. The molecule has 3 aromatic rings. The van der Waals surface area contributed by atoms with E-state index in [1.165, 1.54) is 0 Å². The number of ether oxygens (including phenoxy) is 1. The van der Waals surface area contributed by atoms with Crippen LogP contribution in [0.2, 0.25) is 0 Å². The number of amides is 2. The molecule has 0 radical (unpaired) electrons. The number of hydrogen-bond acceptors (Lipinski definition) is 5. The van der Waals surface area contributed by atoms with Gasteiger partial charge < -0.3 is 19.5 Å². The number of aromatic amines is 1. The largest absolute Gasteiger partial charge is 0.494 e. The van der Waals surface area contributed by atoms with Crippen LogP contribution < -0.4 is 10.1 Å². The molecule has 0 saturated carbocycles. The summed E-state index contributed by atoms with van der Waals surface area (Å²) in [5.41, 5.74) is 3.36. The van der Waals surface area contributed by atoms with Gasteiger partial charge in [-0.25, -0.2) is 9.78 Å². The van der Waals surface area contributed by atoms with Gasteiger partial charge >= 0.3 is 6.03 Å². The van der Waals surface area contributed by atoms with Crippen molar-refractivity contribution in [1.29, 1.82) is 0 Å². The maximum Gasteiger partial charge on any atom is 0.324 e. The molecule has 9 nitrogen and oxygen atoms in total. The van der Waals surface area contributed by atoms with Crippen molar-refractivity contribution in [3.63, 3.8) is 0 Å². The number of nitrogens with one attached hydrogen (secondary N) is 2. The second-order valence-corrected chi connectivity index (χ2v) is 7.82. The molecule has 0 aliphatic carbocycles. The fourth-order valence-electron chi connectivity index (χ4n) is 3.95. The highest BCUT2D eigenvalue weighted by molar-refractivity contribution is 5.98. The monoisotopic (exact) mass is 397 g/mol. The molecule has 9 heteroatoms. The van der Waals surface area contributed by atoms with E-state index in [-0.39, 0.29) is 6.03 Å². The van der Waals surface area contributed by atoms with Crippen molar-refractivity contribution < 1.29 is 9.53 Å². The van der Waals surface area contributed by atoms with E-state index in [0.717, 1.165) is 48.2 Å². The van der Waals surface area contributed by atoms with Gasteiger partial charge in [-0.1, -0.05) is 0 Å². The fourth-order valence-corrected chi connectivity index (χ4v) is 3.95. The summed E-state index contributed by atoms with van der Waals surface area (Å²) in [4.78, 5) is 24.6. The second kappa shape index (κ2) is 7.75. The standard InChI is InChI=1S/C20H27N7O2/c1-25(2)10-13-7-8-27(11-13)20(28)24-19-22-17-15(14-9-21-26(3)12-14)5-6-16(29-4)18(17)23-19/h5-6,9,12-13H,7-8,10-11H2,1-4H3,(H2,22,23,24,28)/t13-/m1/s1. The van der Waals surface area contributed by atoms with Gasteiger partial charge in [-0.2, -0.15) is 5.10 Å². The molecule has 0 unspecified atom stereocenters. The van der Waals surface area contributed by atoms with Gasteiger partial charge in [0.1, 0.15) is 16.8 Å². The van der Waals surface area contributed by atoms with E-state index in [9.17, 15) is 4.79 Å². The number of hydrogen-bond donors (Lipinski definition) is 2. The van der Waals surface area contributed by atoms with Gasteiger partial charge in [-0.05, 0) is 38.6 Å². The number of urea groups is 1. The highest BCUT2D eigenvalue weighted by Gasteiger charge is 2.27. The maximum absolute atomic E-state index is 12.7. The van der Waals surface area contributed by atoms with Crippen molar-refractivity contribution in [2.75, 3.05) is 46.2 Å². The van der Waals surface area contributed by atoms with Gasteiger partial charge in [0.2, 0.25) is 5.95 Å². The fraction of sp³-hybridized carbons (Fsp3) is 0.450. The molecule has 1 aromatic carbocycles. The van der Waals surface area contributed by atoms with Crippen LogP contribution in [0.5, 0.6) is 5.75 Å². The Morgan fingerprint density at radius 2 is 2.24 bits per heavy atom. The summed E-state index contributed by atoms with van der Waals surface area (Å²) in [7, 11) is 7.61. The zero-order chi connectivity index (χ0) is 20.5. The molecule has 3 heterocycles. The Morgan fingerprint density at radius 1 is 1.41 bits per heavy atom. The minimum absolute atomic E-state index is 0.132. The van der Waals surface area contributed by atoms with Crippen LogP contribution in [0.25, 0.3) is 22.2 Å². The SMILES string of the molecule is COc1ccc(-c2cnn(C)c2)c2nc(NC(=O)N3CC[C@H](CN(C)C)C3)[nH]c12. The van der Waals surface area contributed by atoms with E-state index >= 15 is 0 Å². The number of carbonyl (C=O) groups excluding carboxylic acids is 1. The molecular formula is C20H27N7O2. The van der Waals surface area contributed by atoms with Gasteiger partial charge in [0, 0.05) is 44.0 Å². The first-order chi connectivity index (χ1) is 13.9. The number of aromatic nitrogens is 4. The quantitative estimate of drug-likeness (QED) is 0.690. The number of benzene rings is 1. The first-order valence-electron chi connectivity index (χ1n) is 9.71. The van der Waals surface area contributed by atoms with Gasteiger partial charge in [-0.15, -0.1) is 0 Å². The number of anilines is 1. The summed E-state index contributed by atoms with van der Waals surface area (Å²) >= 11 is 0. The topological polar surface area (TPSA) is 91.3 Å². The third kappa shape index (κ3) is 3.91. The number of aryl methyl sites for hydroxylation is 1. The predicted molar refractivity (Wildman–Crippen MR) is 112 cm³/mol. The first kappa shape index (κ1) is 19.3. The molecule has 154 valence electrons. The van der Waals surface area contributed by atoms with Gasteiger partial charge in [0.25, 0.3) is 0 Å². The number of nitrogens with zero attached hydrogens (tertiary/aromatic N) is 5. The third-order valence-electron chi connectivity index (χ3n) is 5.26. The molecule has 0 bridgehead atoms. The van der Waals surface area contributed by atoms with E-state index in [0.29, 0.717) is 17.6 Å². The Bertz CT molecular complexity index is 1020. The lowest BCUT2D eigenvalue weighted by Gasteiger charge is -2.18. The van der Waals surface area contributed by atoms with E-state index in [4.69, 9.17) is 4.74 Å². The molecule has 1 aliphatic rings. The highest BCUT2D eigenvalue weighted by Crippen LogP contribution is 2.33. The van der Waals surface area contributed by atoms with Crippen molar-refractivity contribution in [2.24, 2.45) is 13.0 Å². The summed E-state index contributed by atoms with van der Waals surface area (Å²) in [6.45, 7) is 2.50. The Kier molecular flexibility index (Phi) is 5.14. The molecule has 2 N–H and O–H groups in total. The third-order valence-corrected chi connectivity index (χ3v) is 5.26. The molecular weight excluding hydrogens is 370 g/mol. The van der Waals surface area contributed by atoms with Gasteiger partial charge in [-0.3, -0.25) is 10.00 Å². The number of methoxy groups -OCH3 is 1. The normalized spacial score (nSPS) is 16.7. The van der Waals surface area contributed by atoms with Crippen molar-refractivity contribution >= 4 is 23.0 Å². The number of likely N-dealkylation sites (tertiary alicyclic amines) is 1. The molecule has 1 fully saturated rings. The predicted octanol–water partition coefficient (Wildman–Crippen LogP) is 2.39. The van der Waals surface area contributed by atoms with Crippen LogP contribution in [0.15, 0.2) is 24.5 Å². The van der Waals surface area contributed by atoms with Crippen LogP contribution in [0.4, 0.5) is 10.7 Å².